The minimum absolute atomic E-state index is 0.0425. The van der Waals surface area contributed by atoms with Crippen molar-refractivity contribution in [3.8, 4) is 0 Å². The molecule has 5 nitrogen and oxygen atoms in total. The van der Waals surface area contributed by atoms with E-state index in [2.05, 4.69) is 31.2 Å². The first-order chi connectivity index (χ1) is 12.0. The molecular formula is C18H23N3O2S2. The Morgan fingerprint density at radius 3 is 2.68 bits per heavy atom. The molecule has 1 unspecified atom stereocenters. The minimum Gasteiger partial charge on any atom is -0.245 e. The van der Waals surface area contributed by atoms with Crippen molar-refractivity contribution < 1.29 is 8.42 Å². The minimum atomic E-state index is -2.92. The molecule has 1 saturated heterocycles. The predicted molar refractivity (Wildman–Crippen MR) is 100 cm³/mol. The Bertz CT molecular complexity index is 872. The van der Waals surface area contributed by atoms with Crippen LogP contribution in [0.15, 0.2) is 24.3 Å². The standard InChI is InChI=1S/C18H23N3O2S2/c1-13-4-2-3-5-15(13)10-24-11-17-19-18(14-6-7-14)20-21(17)16-8-9-25(22,23)12-16/h2-5,14,16H,6-12H2,1H3. The fourth-order valence-electron chi connectivity index (χ4n) is 3.27. The van der Waals surface area contributed by atoms with E-state index in [1.165, 1.54) is 11.1 Å². The normalized spacial score (nSPS) is 22.4. The number of nitrogens with zero attached hydrogens (tertiary/aromatic N) is 3. The van der Waals surface area contributed by atoms with Crippen LogP contribution in [-0.4, -0.2) is 34.7 Å². The molecule has 4 rings (SSSR count). The highest BCUT2D eigenvalue weighted by atomic mass is 32.2. The van der Waals surface area contributed by atoms with E-state index in [-0.39, 0.29) is 17.5 Å². The Labute approximate surface area is 153 Å². The molecule has 1 atom stereocenters. The molecule has 2 fully saturated rings. The van der Waals surface area contributed by atoms with Crippen LogP contribution in [0.4, 0.5) is 0 Å². The zero-order chi connectivity index (χ0) is 17.4. The maximum atomic E-state index is 11.8. The van der Waals surface area contributed by atoms with E-state index >= 15 is 0 Å². The van der Waals surface area contributed by atoms with Gasteiger partial charge >= 0.3 is 0 Å². The van der Waals surface area contributed by atoms with Gasteiger partial charge in [-0.25, -0.2) is 18.1 Å². The van der Waals surface area contributed by atoms with Crippen LogP contribution in [0.3, 0.4) is 0 Å². The quantitative estimate of drug-likeness (QED) is 0.773. The van der Waals surface area contributed by atoms with Crippen molar-refractivity contribution in [1.29, 1.82) is 0 Å². The molecule has 0 bridgehead atoms. The van der Waals surface area contributed by atoms with E-state index in [1.54, 1.807) is 0 Å². The number of aromatic nitrogens is 3. The summed E-state index contributed by atoms with van der Waals surface area (Å²) < 4.78 is 25.6. The molecule has 134 valence electrons. The summed E-state index contributed by atoms with van der Waals surface area (Å²) in [6.45, 7) is 2.13. The highest BCUT2D eigenvalue weighted by Crippen LogP contribution is 2.39. The Morgan fingerprint density at radius 2 is 2.00 bits per heavy atom. The molecule has 7 heteroatoms. The third kappa shape index (κ3) is 3.92. The number of benzene rings is 1. The predicted octanol–water partition coefficient (Wildman–Crippen LogP) is 3.26. The van der Waals surface area contributed by atoms with Gasteiger partial charge < -0.3 is 0 Å². The van der Waals surface area contributed by atoms with Crippen molar-refractivity contribution in [2.24, 2.45) is 0 Å². The van der Waals surface area contributed by atoms with Crippen molar-refractivity contribution in [2.45, 2.75) is 49.7 Å². The third-order valence-corrected chi connectivity index (χ3v) is 7.69. The summed E-state index contributed by atoms with van der Waals surface area (Å²) in [5.41, 5.74) is 2.64. The molecule has 0 spiro atoms. The molecule has 2 heterocycles. The van der Waals surface area contributed by atoms with Crippen LogP contribution < -0.4 is 0 Å². The summed E-state index contributed by atoms with van der Waals surface area (Å²) in [5.74, 6) is 4.51. The second-order valence-electron chi connectivity index (χ2n) is 7.08. The average molecular weight is 378 g/mol. The summed E-state index contributed by atoms with van der Waals surface area (Å²) >= 11 is 1.82. The maximum Gasteiger partial charge on any atom is 0.154 e. The molecular weight excluding hydrogens is 354 g/mol. The van der Waals surface area contributed by atoms with Gasteiger partial charge in [-0.1, -0.05) is 24.3 Å². The van der Waals surface area contributed by atoms with Gasteiger partial charge in [-0.3, -0.25) is 0 Å². The molecule has 1 aromatic carbocycles. The van der Waals surface area contributed by atoms with Gasteiger partial charge in [-0.05, 0) is 37.3 Å². The van der Waals surface area contributed by atoms with E-state index < -0.39 is 9.84 Å². The summed E-state index contributed by atoms with van der Waals surface area (Å²) in [5, 5.41) is 4.69. The molecule has 0 radical (unpaired) electrons. The van der Waals surface area contributed by atoms with Crippen molar-refractivity contribution in [3.05, 3.63) is 47.0 Å². The van der Waals surface area contributed by atoms with Gasteiger partial charge in [0.2, 0.25) is 0 Å². The molecule has 1 aliphatic heterocycles. The van der Waals surface area contributed by atoms with Crippen LogP contribution in [0.25, 0.3) is 0 Å². The summed E-state index contributed by atoms with van der Waals surface area (Å²) in [6.07, 6.45) is 2.97. The second kappa shape index (κ2) is 6.76. The summed E-state index contributed by atoms with van der Waals surface area (Å²) in [4.78, 5) is 4.75. The largest absolute Gasteiger partial charge is 0.245 e. The lowest BCUT2D eigenvalue weighted by Gasteiger charge is -2.12. The maximum absolute atomic E-state index is 11.8. The van der Waals surface area contributed by atoms with Crippen LogP contribution >= 0.6 is 11.8 Å². The van der Waals surface area contributed by atoms with Gasteiger partial charge in [-0.2, -0.15) is 5.10 Å². The summed E-state index contributed by atoms with van der Waals surface area (Å²) in [7, 11) is -2.92. The zero-order valence-corrected chi connectivity index (χ0v) is 16.0. The van der Waals surface area contributed by atoms with Crippen LogP contribution in [0.5, 0.6) is 0 Å². The molecule has 2 aromatic rings. The van der Waals surface area contributed by atoms with Crippen LogP contribution in [0.2, 0.25) is 0 Å². The Balaban J connectivity index is 1.49. The first kappa shape index (κ1) is 17.1. The number of hydrogen-bond donors (Lipinski definition) is 0. The Kier molecular flexibility index (Phi) is 4.62. The SMILES string of the molecule is Cc1ccccc1CSCc1nc(C2CC2)nn1C1CCS(=O)(=O)C1. The van der Waals surface area contributed by atoms with Gasteiger partial charge in [0.05, 0.1) is 23.3 Å². The summed E-state index contributed by atoms with van der Waals surface area (Å²) in [6, 6.07) is 8.38. The van der Waals surface area contributed by atoms with E-state index in [0.717, 1.165) is 36.0 Å². The lowest BCUT2D eigenvalue weighted by Crippen LogP contribution is -2.15. The molecule has 0 amide bonds. The number of sulfone groups is 1. The first-order valence-corrected chi connectivity index (χ1v) is 11.8. The topological polar surface area (TPSA) is 64.8 Å². The Morgan fingerprint density at radius 1 is 1.20 bits per heavy atom. The Hall–Kier alpha value is -1.34. The van der Waals surface area contributed by atoms with Crippen LogP contribution in [0.1, 0.15) is 54.0 Å². The van der Waals surface area contributed by atoms with Crippen molar-refractivity contribution in [1.82, 2.24) is 14.8 Å². The number of thioether (sulfide) groups is 1. The van der Waals surface area contributed by atoms with E-state index in [9.17, 15) is 8.42 Å². The molecule has 1 saturated carbocycles. The van der Waals surface area contributed by atoms with Crippen LogP contribution in [0, 0.1) is 6.92 Å². The van der Waals surface area contributed by atoms with Crippen molar-refractivity contribution >= 4 is 21.6 Å². The highest BCUT2D eigenvalue weighted by Gasteiger charge is 2.34. The lowest BCUT2D eigenvalue weighted by molar-refractivity contribution is 0.481. The van der Waals surface area contributed by atoms with Crippen molar-refractivity contribution in [3.63, 3.8) is 0 Å². The molecule has 0 N–H and O–H groups in total. The fourth-order valence-corrected chi connectivity index (χ4v) is 5.99. The monoisotopic (exact) mass is 377 g/mol. The zero-order valence-electron chi connectivity index (χ0n) is 14.4. The second-order valence-corrected chi connectivity index (χ2v) is 10.3. The number of rotatable bonds is 6. The van der Waals surface area contributed by atoms with E-state index in [1.807, 2.05) is 16.4 Å². The van der Waals surface area contributed by atoms with E-state index in [0.29, 0.717) is 12.3 Å². The third-order valence-electron chi connectivity index (χ3n) is 4.97. The van der Waals surface area contributed by atoms with Crippen LogP contribution in [-0.2, 0) is 21.3 Å². The fraction of sp³-hybridized carbons (Fsp3) is 0.556. The van der Waals surface area contributed by atoms with Crippen molar-refractivity contribution in [2.75, 3.05) is 11.5 Å². The number of hydrogen-bond acceptors (Lipinski definition) is 5. The smallest absolute Gasteiger partial charge is 0.154 e. The van der Waals surface area contributed by atoms with Gasteiger partial charge in [0, 0.05) is 11.7 Å². The lowest BCUT2D eigenvalue weighted by atomic mass is 10.1. The van der Waals surface area contributed by atoms with Gasteiger partial charge in [0.1, 0.15) is 5.82 Å². The molecule has 2 aliphatic rings. The van der Waals surface area contributed by atoms with Gasteiger partial charge in [0.25, 0.3) is 0 Å². The molecule has 25 heavy (non-hydrogen) atoms. The highest BCUT2D eigenvalue weighted by molar-refractivity contribution is 7.97. The first-order valence-electron chi connectivity index (χ1n) is 8.80. The molecule has 1 aliphatic carbocycles. The average Bonchev–Trinajstić information content (AvgIpc) is 3.24. The number of aryl methyl sites for hydroxylation is 1. The van der Waals surface area contributed by atoms with Gasteiger partial charge in [0.15, 0.2) is 15.7 Å². The van der Waals surface area contributed by atoms with E-state index in [4.69, 9.17) is 10.1 Å². The molecule has 1 aromatic heterocycles. The van der Waals surface area contributed by atoms with Gasteiger partial charge in [-0.15, -0.1) is 11.8 Å².